The molecular formula is C18H24N4O2S2. The zero-order chi connectivity index (χ0) is 18.4. The number of likely N-dealkylation sites (tertiary alicyclic amines) is 1. The summed E-state index contributed by atoms with van der Waals surface area (Å²) in [5, 5.41) is 11.3. The van der Waals surface area contributed by atoms with Crippen LogP contribution >= 0.6 is 23.5 Å². The maximum atomic E-state index is 12.5. The Labute approximate surface area is 162 Å². The van der Waals surface area contributed by atoms with Gasteiger partial charge in [-0.3, -0.25) is 9.69 Å². The number of hydrogen-bond acceptors (Lipinski definition) is 7. The highest BCUT2D eigenvalue weighted by Gasteiger charge is 2.26. The van der Waals surface area contributed by atoms with E-state index in [-0.39, 0.29) is 17.2 Å². The molecule has 1 saturated heterocycles. The fourth-order valence-corrected chi connectivity index (χ4v) is 4.00. The average Bonchev–Trinajstić information content (AvgIpc) is 3.25. The molecule has 8 heteroatoms. The van der Waals surface area contributed by atoms with Crippen LogP contribution in [0.15, 0.2) is 40.0 Å². The van der Waals surface area contributed by atoms with Crippen LogP contribution in [0.4, 0.5) is 0 Å². The van der Waals surface area contributed by atoms with Crippen LogP contribution < -0.4 is 5.32 Å². The number of nitrogens with zero attached hydrogens (tertiary/aromatic N) is 3. The van der Waals surface area contributed by atoms with Crippen molar-refractivity contribution in [1.29, 1.82) is 0 Å². The molecule has 2 aromatic rings. The monoisotopic (exact) mass is 392 g/mol. The molecule has 0 spiro atoms. The van der Waals surface area contributed by atoms with Gasteiger partial charge >= 0.3 is 0 Å². The Balaban J connectivity index is 1.44. The van der Waals surface area contributed by atoms with Crippen molar-refractivity contribution in [3.05, 3.63) is 41.8 Å². The van der Waals surface area contributed by atoms with E-state index in [1.54, 1.807) is 11.8 Å². The summed E-state index contributed by atoms with van der Waals surface area (Å²) < 4.78 is 5.53. The lowest BCUT2D eigenvalue weighted by Crippen LogP contribution is -2.40. The number of aromatic nitrogens is 2. The van der Waals surface area contributed by atoms with E-state index in [0.717, 1.165) is 26.1 Å². The van der Waals surface area contributed by atoms with Gasteiger partial charge in [0, 0.05) is 25.7 Å². The van der Waals surface area contributed by atoms with Gasteiger partial charge in [-0.15, -0.1) is 10.2 Å². The number of carbonyl (C=O) groups excluding carboxylic acids is 1. The molecule has 6 nitrogen and oxygen atoms in total. The Morgan fingerprint density at radius 1 is 1.38 bits per heavy atom. The summed E-state index contributed by atoms with van der Waals surface area (Å²) in [4.78, 5) is 14.8. The van der Waals surface area contributed by atoms with Crippen molar-refractivity contribution in [2.45, 2.75) is 42.2 Å². The van der Waals surface area contributed by atoms with Crippen molar-refractivity contribution in [2.75, 3.05) is 19.3 Å². The molecule has 1 aliphatic heterocycles. The molecule has 0 bridgehead atoms. The lowest BCUT2D eigenvalue weighted by molar-refractivity contribution is -0.120. The minimum Gasteiger partial charge on any atom is -0.415 e. The third kappa shape index (κ3) is 5.49. The summed E-state index contributed by atoms with van der Waals surface area (Å²) in [5.74, 6) is 1.30. The van der Waals surface area contributed by atoms with Crippen LogP contribution in [0.25, 0.3) is 0 Å². The summed E-state index contributed by atoms with van der Waals surface area (Å²) in [5.41, 5.74) is 1.31. The van der Waals surface area contributed by atoms with Crippen molar-refractivity contribution in [1.82, 2.24) is 20.4 Å². The number of hydrogen-bond donors (Lipinski definition) is 1. The largest absolute Gasteiger partial charge is 0.415 e. The van der Waals surface area contributed by atoms with Crippen molar-refractivity contribution in [3.8, 4) is 0 Å². The summed E-state index contributed by atoms with van der Waals surface area (Å²) in [6.45, 7) is 4.69. The van der Waals surface area contributed by atoms with E-state index in [1.165, 1.54) is 17.3 Å². The van der Waals surface area contributed by atoms with Gasteiger partial charge in [-0.1, -0.05) is 42.1 Å². The Hall–Kier alpha value is -1.51. The molecule has 0 radical (unpaired) electrons. The molecule has 26 heavy (non-hydrogen) atoms. The smallest absolute Gasteiger partial charge is 0.277 e. The van der Waals surface area contributed by atoms with Gasteiger partial charge < -0.3 is 9.73 Å². The summed E-state index contributed by atoms with van der Waals surface area (Å²) in [6, 6.07) is 10.6. The normalized spacial score (nSPS) is 18.8. The quantitative estimate of drug-likeness (QED) is 0.693. The van der Waals surface area contributed by atoms with Crippen LogP contribution in [0.5, 0.6) is 0 Å². The first-order chi connectivity index (χ1) is 12.6. The van der Waals surface area contributed by atoms with Gasteiger partial charge in [-0.05, 0) is 25.2 Å². The second kappa shape index (κ2) is 9.43. The number of carbonyl (C=O) groups is 1. The van der Waals surface area contributed by atoms with Crippen LogP contribution in [-0.4, -0.2) is 51.6 Å². The number of rotatable bonds is 8. The Morgan fingerprint density at radius 3 is 2.96 bits per heavy atom. The lowest BCUT2D eigenvalue weighted by Gasteiger charge is -2.18. The minimum atomic E-state index is -0.263. The topological polar surface area (TPSA) is 71.3 Å². The van der Waals surface area contributed by atoms with Crippen molar-refractivity contribution >= 4 is 29.4 Å². The van der Waals surface area contributed by atoms with Gasteiger partial charge in [0.15, 0.2) is 0 Å². The van der Waals surface area contributed by atoms with Crippen LogP contribution in [0.2, 0.25) is 0 Å². The molecule has 2 atom stereocenters. The number of benzene rings is 1. The molecule has 0 saturated carbocycles. The van der Waals surface area contributed by atoms with Crippen LogP contribution in [0, 0.1) is 0 Å². The molecule has 1 aliphatic rings. The summed E-state index contributed by atoms with van der Waals surface area (Å²) >= 11 is 2.94. The molecule has 1 amide bonds. The molecule has 0 aliphatic carbocycles. The fourth-order valence-electron chi connectivity index (χ4n) is 2.93. The molecule has 2 heterocycles. The third-order valence-electron chi connectivity index (χ3n) is 4.23. The SMILES string of the molecule is CSCc1nnc(SC(C)C(=O)NC2CCN(Cc3ccccc3)C2)o1. The number of amides is 1. The van der Waals surface area contributed by atoms with Crippen molar-refractivity contribution < 1.29 is 9.21 Å². The van der Waals surface area contributed by atoms with Gasteiger partial charge in [0.2, 0.25) is 11.8 Å². The Kier molecular flexibility index (Phi) is 6.99. The van der Waals surface area contributed by atoms with E-state index in [9.17, 15) is 4.79 Å². The van der Waals surface area contributed by atoms with E-state index in [4.69, 9.17) is 4.42 Å². The molecule has 2 unspecified atom stereocenters. The maximum Gasteiger partial charge on any atom is 0.277 e. The van der Waals surface area contributed by atoms with E-state index in [0.29, 0.717) is 16.9 Å². The predicted molar refractivity (Wildman–Crippen MR) is 105 cm³/mol. The Bertz CT molecular complexity index is 710. The van der Waals surface area contributed by atoms with Gasteiger partial charge in [0.1, 0.15) is 0 Å². The van der Waals surface area contributed by atoms with E-state index >= 15 is 0 Å². The van der Waals surface area contributed by atoms with Crippen LogP contribution in [0.1, 0.15) is 24.8 Å². The van der Waals surface area contributed by atoms with Crippen LogP contribution in [0.3, 0.4) is 0 Å². The molecular weight excluding hydrogens is 368 g/mol. The van der Waals surface area contributed by atoms with E-state index < -0.39 is 0 Å². The highest BCUT2D eigenvalue weighted by atomic mass is 32.2. The molecule has 3 rings (SSSR count). The van der Waals surface area contributed by atoms with Gasteiger partial charge in [0.05, 0.1) is 11.0 Å². The fraction of sp³-hybridized carbons (Fsp3) is 0.500. The average molecular weight is 393 g/mol. The van der Waals surface area contributed by atoms with Crippen molar-refractivity contribution in [3.63, 3.8) is 0 Å². The predicted octanol–water partition coefficient (Wildman–Crippen LogP) is 2.80. The first-order valence-corrected chi connectivity index (χ1v) is 11.0. The summed E-state index contributed by atoms with van der Waals surface area (Å²) in [7, 11) is 0. The standard InChI is InChI=1S/C18H24N4O2S2/c1-13(26-18-21-20-16(24-18)12-25-2)17(23)19-15-8-9-22(11-15)10-14-6-4-3-5-7-14/h3-7,13,15H,8-12H2,1-2H3,(H,19,23). The maximum absolute atomic E-state index is 12.5. The first-order valence-electron chi connectivity index (χ1n) is 8.68. The second-order valence-corrected chi connectivity index (χ2v) is 8.53. The lowest BCUT2D eigenvalue weighted by atomic mass is 10.2. The molecule has 1 aromatic heterocycles. The van der Waals surface area contributed by atoms with Gasteiger partial charge in [-0.25, -0.2) is 0 Å². The van der Waals surface area contributed by atoms with Crippen molar-refractivity contribution in [2.24, 2.45) is 0 Å². The Morgan fingerprint density at radius 2 is 2.19 bits per heavy atom. The highest BCUT2D eigenvalue weighted by molar-refractivity contribution is 8.00. The first kappa shape index (κ1) is 19.3. The van der Waals surface area contributed by atoms with Crippen LogP contribution in [-0.2, 0) is 17.1 Å². The van der Waals surface area contributed by atoms with Gasteiger partial charge in [0.25, 0.3) is 5.22 Å². The molecule has 140 valence electrons. The number of thioether (sulfide) groups is 2. The van der Waals surface area contributed by atoms with E-state index in [2.05, 4.69) is 44.7 Å². The zero-order valence-electron chi connectivity index (χ0n) is 15.1. The zero-order valence-corrected chi connectivity index (χ0v) is 16.7. The third-order valence-corrected chi connectivity index (χ3v) is 5.70. The minimum absolute atomic E-state index is 0.0196. The number of nitrogens with one attached hydrogen (secondary N) is 1. The summed E-state index contributed by atoms with van der Waals surface area (Å²) in [6.07, 6.45) is 2.96. The van der Waals surface area contributed by atoms with E-state index in [1.807, 2.05) is 19.2 Å². The molecule has 1 aromatic carbocycles. The highest BCUT2D eigenvalue weighted by Crippen LogP contribution is 2.23. The van der Waals surface area contributed by atoms with Gasteiger partial charge in [-0.2, -0.15) is 11.8 Å². The second-order valence-electron chi connectivity index (χ2n) is 6.37. The molecule has 1 fully saturated rings. The molecule has 1 N–H and O–H groups in total.